The largest absolute Gasteiger partial charge is 0.464 e. The molecule has 1 heterocycles. The van der Waals surface area contributed by atoms with E-state index < -0.39 is 5.97 Å². The molecule has 0 aliphatic rings. The zero-order chi connectivity index (χ0) is 9.84. The minimum atomic E-state index is -0.475. The standard InChI is InChI=1S/C8H9ClN2O2/c1-5-3-6(8(12)13-2)11-7(4-9)10-5/h3H,4H2,1-2H3. The lowest BCUT2D eigenvalue weighted by molar-refractivity contribution is 0.0593. The Bertz CT molecular complexity index is 328. The fourth-order valence-corrected chi connectivity index (χ4v) is 1.02. The van der Waals surface area contributed by atoms with Crippen molar-refractivity contribution >= 4 is 17.6 Å². The molecule has 1 aromatic rings. The first-order valence-corrected chi connectivity index (χ1v) is 4.19. The molecule has 0 saturated carbocycles. The van der Waals surface area contributed by atoms with Crippen molar-refractivity contribution in [3.8, 4) is 0 Å². The van der Waals surface area contributed by atoms with Crippen LogP contribution in [0, 0.1) is 6.92 Å². The summed E-state index contributed by atoms with van der Waals surface area (Å²) < 4.78 is 4.52. The van der Waals surface area contributed by atoms with Crippen LogP contribution in [-0.4, -0.2) is 23.0 Å². The highest BCUT2D eigenvalue weighted by Crippen LogP contribution is 2.04. The van der Waals surface area contributed by atoms with Crippen molar-refractivity contribution in [1.82, 2.24) is 9.97 Å². The molecule has 0 amide bonds. The molecule has 13 heavy (non-hydrogen) atoms. The summed E-state index contributed by atoms with van der Waals surface area (Å²) in [6, 6.07) is 1.56. The number of aromatic nitrogens is 2. The van der Waals surface area contributed by atoms with E-state index in [2.05, 4.69) is 14.7 Å². The van der Waals surface area contributed by atoms with Gasteiger partial charge in [-0.05, 0) is 13.0 Å². The Morgan fingerprint density at radius 2 is 2.31 bits per heavy atom. The van der Waals surface area contributed by atoms with E-state index in [1.807, 2.05) is 0 Å². The lowest BCUT2D eigenvalue weighted by atomic mass is 10.3. The van der Waals surface area contributed by atoms with Gasteiger partial charge in [0.1, 0.15) is 5.82 Å². The Morgan fingerprint density at radius 3 is 2.85 bits per heavy atom. The summed E-state index contributed by atoms with van der Waals surface area (Å²) >= 11 is 5.54. The second kappa shape index (κ2) is 4.18. The maximum absolute atomic E-state index is 11.1. The molecule has 1 rings (SSSR count). The molecular weight excluding hydrogens is 192 g/mol. The summed E-state index contributed by atoms with van der Waals surface area (Å²) in [5.41, 5.74) is 0.941. The average molecular weight is 201 g/mol. The molecule has 4 nitrogen and oxygen atoms in total. The first-order valence-electron chi connectivity index (χ1n) is 3.66. The average Bonchev–Trinajstić information content (AvgIpc) is 2.15. The van der Waals surface area contributed by atoms with E-state index in [1.165, 1.54) is 7.11 Å². The number of rotatable bonds is 2. The summed E-state index contributed by atoms with van der Waals surface area (Å²) in [6.45, 7) is 1.77. The van der Waals surface area contributed by atoms with Gasteiger partial charge in [0.15, 0.2) is 5.69 Å². The van der Waals surface area contributed by atoms with E-state index in [-0.39, 0.29) is 11.6 Å². The molecule has 0 unspecified atom stereocenters. The van der Waals surface area contributed by atoms with Gasteiger partial charge in [0.05, 0.1) is 13.0 Å². The smallest absolute Gasteiger partial charge is 0.356 e. The third-order valence-electron chi connectivity index (χ3n) is 1.41. The van der Waals surface area contributed by atoms with E-state index in [4.69, 9.17) is 11.6 Å². The Balaban J connectivity index is 3.08. The molecule has 0 aromatic carbocycles. The molecule has 1 aromatic heterocycles. The van der Waals surface area contributed by atoms with Gasteiger partial charge >= 0.3 is 5.97 Å². The monoisotopic (exact) mass is 200 g/mol. The van der Waals surface area contributed by atoms with Crippen molar-refractivity contribution in [1.29, 1.82) is 0 Å². The molecule has 0 bridgehead atoms. The van der Waals surface area contributed by atoms with Gasteiger partial charge in [0.2, 0.25) is 0 Å². The summed E-state index contributed by atoms with van der Waals surface area (Å²) in [4.78, 5) is 19.0. The van der Waals surface area contributed by atoms with E-state index in [1.54, 1.807) is 13.0 Å². The van der Waals surface area contributed by atoms with E-state index >= 15 is 0 Å². The fraction of sp³-hybridized carbons (Fsp3) is 0.375. The van der Waals surface area contributed by atoms with Crippen LogP contribution < -0.4 is 0 Å². The molecule has 0 atom stereocenters. The highest BCUT2D eigenvalue weighted by Gasteiger charge is 2.09. The SMILES string of the molecule is COC(=O)c1cc(C)nc(CCl)n1. The number of carbonyl (C=O) groups excluding carboxylic acids is 1. The maximum atomic E-state index is 11.1. The predicted octanol–water partition coefficient (Wildman–Crippen LogP) is 1.31. The number of halogens is 1. The molecule has 0 saturated heterocycles. The fourth-order valence-electron chi connectivity index (χ4n) is 0.899. The number of alkyl halides is 1. The number of aryl methyl sites for hydroxylation is 1. The second-order valence-corrected chi connectivity index (χ2v) is 2.70. The Morgan fingerprint density at radius 1 is 1.62 bits per heavy atom. The molecule has 5 heteroatoms. The quantitative estimate of drug-likeness (QED) is 0.534. The third-order valence-corrected chi connectivity index (χ3v) is 1.65. The van der Waals surface area contributed by atoms with Gasteiger partial charge in [0.25, 0.3) is 0 Å². The topological polar surface area (TPSA) is 52.1 Å². The number of carbonyl (C=O) groups is 1. The predicted molar refractivity (Wildman–Crippen MR) is 47.7 cm³/mol. The van der Waals surface area contributed by atoms with E-state index in [9.17, 15) is 4.79 Å². The molecule has 0 spiro atoms. The van der Waals surface area contributed by atoms with Crippen LogP contribution in [-0.2, 0) is 10.6 Å². The highest BCUT2D eigenvalue weighted by molar-refractivity contribution is 6.16. The molecular formula is C8H9ClN2O2. The molecule has 0 aliphatic carbocycles. The zero-order valence-corrected chi connectivity index (χ0v) is 8.13. The molecule has 0 aliphatic heterocycles. The number of ether oxygens (including phenoxy) is 1. The second-order valence-electron chi connectivity index (χ2n) is 2.44. The number of hydrogen-bond acceptors (Lipinski definition) is 4. The number of methoxy groups -OCH3 is 1. The number of hydrogen-bond donors (Lipinski definition) is 0. The van der Waals surface area contributed by atoms with E-state index in [0.29, 0.717) is 11.5 Å². The van der Waals surface area contributed by atoms with Crippen molar-refractivity contribution in [2.45, 2.75) is 12.8 Å². The van der Waals surface area contributed by atoms with Gasteiger partial charge in [-0.1, -0.05) is 0 Å². The van der Waals surface area contributed by atoms with Crippen LogP contribution in [0.2, 0.25) is 0 Å². The lowest BCUT2D eigenvalue weighted by Crippen LogP contribution is -2.08. The number of nitrogens with zero attached hydrogens (tertiary/aromatic N) is 2. The summed E-state index contributed by atoms with van der Waals surface area (Å²) in [5.74, 6) is 0.144. The third kappa shape index (κ3) is 2.39. The summed E-state index contributed by atoms with van der Waals surface area (Å²) in [7, 11) is 1.31. The van der Waals surface area contributed by atoms with Crippen molar-refractivity contribution in [2.24, 2.45) is 0 Å². The number of esters is 1. The van der Waals surface area contributed by atoms with Gasteiger partial charge in [-0.2, -0.15) is 0 Å². The van der Waals surface area contributed by atoms with Crippen LogP contribution in [0.15, 0.2) is 6.07 Å². The van der Waals surface area contributed by atoms with Crippen LogP contribution in [0.4, 0.5) is 0 Å². The van der Waals surface area contributed by atoms with Crippen LogP contribution in [0.1, 0.15) is 22.0 Å². The first-order chi connectivity index (χ1) is 6.17. The van der Waals surface area contributed by atoms with Gasteiger partial charge in [-0.3, -0.25) is 0 Å². The van der Waals surface area contributed by atoms with Crippen molar-refractivity contribution in [3.63, 3.8) is 0 Å². The Hall–Kier alpha value is -1.16. The first kappa shape index (κ1) is 9.92. The normalized spacial score (nSPS) is 9.77. The zero-order valence-electron chi connectivity index (χ0n) is 7.37. The Labute approximate surface area is 80.9 Å². The summed E-state index contributed by atoms with van der Waals surface area (Å²) in [6.07, 6.45) is 0. The van der Waals surface area contributed by atoms with Gasteiger partial charge in [0, 0.05) is 5.69 Å². The van der Waals surface area contributed by atoms with Crippen LogP contribution in [0.3, 0.4) is 0 Å². The van der Waals surface area contributed by atoms with Gasteiger partial charge in [-0.25, -0.2) is 14.8 Å². The van der Waals surface area contributed by atoms with Crippen LogP contribution >= 0.6 is 11.6 Å². The van der Waals surface area contributed by atoms with Crippen LogP contribution in [0.25, 0.3) is 0 Å². The maximum Gasteiger partial charge on any atom is 0.356 e. The van der Waals surface area contributed by atoms with Gasteiger partial charge < -0.3 is 4.74 Å². The molecule has 0 N–H and O–H groups in total. The van der Waals surface area contributed by atoms with Crippen molar-refractivity contribution in [3.05, 3.63) is 23.3 Å². The van der Waals surface area contributed by atoms with Crippen molar-refractivity contribution in [2.75, 3.05) is 7.11 Å². The highest BCUT2D eigenvalue weighted by atomic mass is 35.5. The molecule has 0 fully saturated rings. The minimum absolute atomic E-state index is 0.186. The molecule has 0 radical (unpaired) electrons. The van der Waals surface area contributed by atoms with Crippen LogP contribution in [0.5, 0.6) is 0 Å². The molecule has 70 valence electrons. The van der Waals surface area contributed by atoms with E-state index in [0.717, 1.165) is 0 Å². The minimum Gasteiger partial charge on any atom is -0.464 e. The Kier molecular flexibility index (Phi) is 3.19. The van der Waals surface area contributed by atoms with Crippen molar-refractivity contribution < 1.29 is 9.53 Å². The van der Waals surface area contributed by atoms with Gasteiger partial charge in [-0.15, -0.1) is 11.6 Å². The summed E-state index contributed by atoms with van der Waals surface area (Å²) in [5, 5.41) is 0. The lowest BCUT2D eigenvalue weighted by Gasteiger charge is -2.01.